The van der Waals surface area contributed by atoms with Crippen LogP contribution in [-0.4, -0.2) is 11.9 Å². The van der Waals surface area contributed by atoms with E-state index in [0.29, 0.717) is 6.79 Å². The van der Waals surface area contributed by atoms with Gasteiger partial charge in [0.2, 0.25) is 6.79 Å². The van der Waals surface area contributed by atoms with Gasteiger partial charge in [0, 0.05) is 6.07 Å². The molecule has 0 radical (unpaired) electrons. The van der Waals surface area contributed by atoms with Crippen LogP contribution in [0, 0.1) is 5.82 Å². The quantitative estimate of drug-likeness (QED) is 0.761. The Balaban J connectivity index is 0.000000128. The normalized spacial score (nSPS) is 11.6. The van der Waals surface area contributed by atoms with E-state index in [4.69, 9.17) is 14.6 Å². The van der Waals surface area contributed by atoms with E-state index >= 15 is 0 Å². The molecule has 4 heteroatoms. The molecule has 3 nitrogen and oxygen atoms in total. The maximum absolute atomic E-state index is 12.0. The summed E-state index contributed by atoms with van der Waals surface area (Å²) in [4.78, 5) is 0. The Bertz CT molecular complexity index is 459. The third-order valence-corrected chi connectivity index (χ3v) is 2.09. The molecule has 0 saturated heterocycles. The third kappa shape index (κ3) is 3.11. The zero-order chi connectivity index (χ0) is 12.1. The second-order valence-corrected chi connectivity index (χ2v) is 3.33. The van der Waals surface area contributed by atoms with Gasteiger partial charge in [-0.15, -0.1) is 0 Å². The van der Waals surface area contributed by atoms with Crippen molar-refractivity contribution in [2.45, 2.75) is 0 Å². The van der Waals surface area contributed by atoms with Crippen molar-refractivity contribution < 1.29 is 19.0 Å². The lowest BCUT2D eigenvalue weighted by molar-refractivity contribution is 0.174. The smallest absolute Gasteiger partial charge is 0.231 e. The van der Waals surface area contributed by atoms with E-state index in [2.05, 4.69) is 0 Å². The van der Waals surface area contributed by atoms with Crippen LogP contribution in [0.1, 0.15) is 0 Å². The van der Waals surface area contributed by atoms with Gasteiger partial charge in [-0.1, -0.05) is 18.2 Å². The first kappa shape index (κ1) is 11.3. The number of halogens is 1. The second-order valence-electron chi connectivity index (χ2n) is 3.33. The van der Waals surface area contributed by atoms with Crippen molar-refractivity contribution in [2.75, 3.05) is 6.79 Å². The molecule has 0 aliphatic carbocycles. The molecule has 0 aromatic heterocycles. The zero-order valence-electron chi connectivity index (χ0n) is 8.97. The molecule has 0 spiro atoms. The molecule has 1 heterocycles. The molecule has 1 aliphatic rings. The first-order valence-electron chi connectivity index (χ1n) is 5.05. The van der Waals surface area contributed by atoms with Crippen LogP contribution in [0.2, 0.25) is 0 Å². The molecule has 0 fully saturated rings. The summed E-state index contributed by atoms with van der Waals surface area (Å²) in [5.41, 5.74) is 0. The molecule has 0 unspecified atom stereocenters. The van der Waals surface area contributed by atoms with Gasteiger partial charge < -0.3 is 14.6 Å². The molecule has 0 bridgehead atoms. The van der Waals surface area contributed by atoms with E-state index in [0.717, 1.165) is 17.6 Å². The number of phenolic OH excluding ortho intramolecular Hbond substituents is 1. The lowest BCUT2D eigenvalue weighted by Gasteiger charge is -1.89. The predicted molar refractivity (Wildman–Crippen MR) is 60.6 cm³/mol. The van der Waals surface area contributed by atoms with Gasteiger partial charge >= 0.3 is 0 Å². The van der Waals surface area contributed by atoms with Gasteiger partial charge in [0.1, 0.15) is 11.6 Å². The van der Waals surface area contributed by atoms with Gasteiger partial charge in [-0.3, -0.25) is 0 Å². The van der Waals surface area contributed by atoms with E-state index in [1.54, 1.807) is 0 Å². The maximum atomic E-state index is 12.0. The molecular weight excluding hydrogens is 223 g/mol. The Morgan fingerprint density at radius 2 is 1.59 bits per heavy atom. The highest BCUT2D eigenvalue weighted by Gasteiger charge is 2.09. The zero-order valence-corrected chi connectivity index (χ0v) is 8.97. The Morgan fingerprint density at radius 1 is 0.941 bits per heavy atom. The van der Waals surface area contributed by atoms with Gasteiger partial charge in [-0.2, -0.15) is 0 Å². The standard InChI is InChI=1S/C7H6O2.C6H5FO/c1-2-4-7-6(3-1)8-5-9-7;7-5-2-1-3-6(8)4-5/h1-4H,5H2;1-4,8H. The molecule has 3 rings (SSSR count). The largest absolute Gasteiger partial charge is 0.508 e. The van der Waals surface area contributed by atoms with E-state index in [9.17, 15) is 4.39 Å². The second kappa shape index (κ2) is 5.21. The molecule has 2 aromatic carbocycles. The number of rotatable bonds is 0. The lowest BCUT2D eigenvalue weighted by Crippen LogP contribution is -1.92. The van der Waals surface area contributed by atoms with Crippen molar-refractivity contribution in [1.29, 1.82) is 0 Å². The molecule has 1 aliphatic heterocycles. The van der Waals surface area contributed by atoms with Crippen LogP contribution in [0.25, 0.3) is 0 Å². The highest BCUT2D eigenvalue weighted by Crippen LogP contribution is 2.30. The summed E-state index contributed by atoms with van der Waals surface area (Å²) in [6, 6.07) is 12.8. The Morgan fingerprint density at radius 3 is 2.06 bits per heavy atom. The van der Waals surface area contributed by atoms with Crippen molar-refractivity contribution in [3.63, 3.8) is 0 Å². The van der Waals surface area contributed by atoms with Gasteiger partial charge in [0.25, 0.3) is 0 Å². The summed E-state index contributed by atoms with van der Waals surface area (Å²) in [5, 5.41) is 8.57. The fourth-order valence-electron chi connectivity index (χ4n) is 1.32. The predicted octanol–water partition coefficient (Wildman–Crippen LogP) is 2.95. The van der Waals surface area contributed by atoms with Gasteiger partial charge in [0.05, 0.1) is 0 Å². The van der Waals surface area contributed by atoms with Crippen molar-refractivity contribution in [3.05, 3.63) is 54.3 Å². The van der Waals surface area contributed by atoms with Crippen LogP contribution in [0.15, 0.2) is 48.5 Å². The number of benzene rings is 2. The number of hydrogen-bond donors (Lipinski definition) is 1. The third-order valence-electron chi connectivity index (χ3n) is 2.09. The first-order valence-corrected chi connectivity index (χ1v) is 5.05. The van der Waals surface area contributed by atoms with Gasteiger partial charge in [-0.25, -0.2) is 4.39 Å². The summed E-state index contributed by atoms with van der Waals surface area (Å²) < 4.78 is 22.2. The van der Waals surface area contributed by atoms with Crippen LogP contribution in [-0.2, 0) is 0 Å². The minimum atomic E-state index is -0.412. The average Bonchev–Trinajstić information content (AvgIpc) is 2.77. The summed E-state index contributed by atoms with van der Waals surface area (Å²) in [6.07, 6.45) is 0. The number of hydrogen-bond acceptors (Lipinski definition) is 3. The van der Waals surface area contributed by atoms with Gasteiger partial charge in [0.15, 0.2) is 11.5 Å². The maximum Gasteiger partial charge on any atom is 0.231 e. The molecule has 0 saturated carbocycles. The Labute approximate surface area is 98.0 Å². The molecule has 17 heavy (non-hydrogen) atoms. The fraction of sp³-hybridized carbons (Fsp3) is 0.0769. The molecule has 2 aromatic rings. The van der Waals surface area contributed by atoms with E-state index in [1.807, 2.05) is 24.3 Å². The van der Waals surface area contributed by atoms with Crippen molar-refractivity contribution in [3.8, 4) is 17.2 Å². The van der Waals surface area contributed by atoms with Crippen LogP contribution < -0.4 is 9.47 Å². The molecule has 88 valence electrons. The van der Waals surface area contributed by atoms with Crippen molar-refractivity contribution >= 4 is 0 Å². The number of para-hydroxylation sites is 2. The van der Waals surface area contributed by atoms with Crippen molar-refractivity contribution in [2.24, 2.45) is 0 Å². The summed E-state index contributed by atoms with van der Waals surface area (Å²) in [7, 11) is 0. The molecule has 0 atom stereocenters. The van der Waals surface area contributed by atoms with Crippen LogP contribution in [0.3, 0.4) is 0 Å². The van der Waals surface area contributed by atoms with Crippen LogP contribution >= 0.6 is 0 Å². The van der Waals surface area contributed by atoms with Gasteiger partial charge in [-0.05, 0) is 24.3 Å². The number of fused-ring (bicyclic) bond motifs is 1. The number of ether oxygens (including phenoxy) is 2. The SMILES string of the molecule is Oc1cccc(F)c1.c1ccc2c(c1)OCO2. The van der Waals surface area contributed by atoms with Crippen LogP contribution in [0.5, 0.6) is 17.2 Å². The number of aromatic hydroxyl groups is 1. The lowest BCUT2D eigenvalue weighted by atomic mass is 10.3. The first-order chi connectivity index (χ1) is 8.25. The van der Waals surface area contributed by atoms with E-state index in [1.165, 1.54) is 18.2 Å². The Hall–Kier alpha value is -2.23. The summed E-state index contributed by atoms with van der Waals surface area (Å²) in [6.45, 7) is 0.360. The highest BCUT2D eigenvalue weighted by molar-refractivity contribution is 5.40. The summed E-state index contributed by atoms with van der Waals surface area (Å²) in [5.74, 6) is 1.24. The summed E-state index contributed by atoms with van der Waals surface area (Å²) >= 11 is 0. The van der Waals surface area contributed by atoms with Crippen molar-refractivity contribution in [1.82, 2.24) is 0 Å². The number of phenols is 1. The van der Waals surface area contributed by atoms with E-state index < -0.39 is 5.82 Å². The minimum absolute atomic E-state index is 0.0370. The average molecular weight is 234 g/mol. The van der Waals surface area contributed by atoms with Crippen LogP contribution in [0.4, 0.5) is 4.39 Å². The minimum Gasteiger partial charge on any atom is -0.508 e. The van der Waals surface area contributed by atoms with E-state index in [-0.39, 0.29) is 5.75 Å². The molecule has 1 N–H and O–H groups in total. The topological polar surface area (TPSA) is 38.7 Å². The Kier molecular flexibility index (Phi) is 3.45. The molecule has 0 amide bonds. The highest BCUT2D eigenvalue weighted by atomic mass is 19.1. The fourth-order valence-corrected chi connectivity index (χ4v) is 1.32. The molecular formula is C13H11FO3. The monoisotopic (exact) mass is 234 g/mol.